The summed E-state index contributed by atoms with van der Waals surface area (Å²) >= 11 is 0. The molecule has 0 spiro atoms. The molecule has 1 aliphatic heterocycles. The zero-order chi connectivity index (χ0) is 19.4. The number of anilines is 2. The summed E-state index contributed by atoms with van der Waals surface area (Å²) in [5, 5.41) is 2.88. The van der Waals surface area contributed by atoms with Crippen LogP contribution in [-0.4, -0.2) is 32.1 Å². The summed E-state index contributed by atoms with van der Waals surface area (Å²) in [6.45, 7) is 1.90. The molecule has 0 fully saturated rings. The summed E-state index contributed by atoms with van der Waals surface area (Å²) in [7, 11) is 3.20. The minimum Gasteiger partial charge on any atom is -0.497 e. The Balaban J connectivity index is 1.80. The Kier molecular flexibility index (Phi) is 5.64. The molecular formula is C21H24N2O4. The van der Waals surface area contributed by atoms with Gasteiger partial charge in [-0.1, -0.05) is 12.1 Å². The Bertz CT molecular complexity index is 828. The molecule has 142 valence electrons. The molecule has 2 aromatic carbocycles. The van der Waals surface area contributed by atoms with Crippen LogP contribution in [-0.2, 0) is 16.0 Å². The van der Waals surface area contributed by atoms with Crippen molar-refractivity contribution in [2.45, 2.75) is 32.2 Å². The first-order valence-electron chi connectivity index (χ1n) is 8.94. The van der Waals surface area contributed by atoms with Gasteiger partial charge in [-0.2, -0.15) is 0 Å². The normalized spacial score (nSPS) is 16.2. The van der Waals surface area contributed by atoms with Crippen molar-refractivity contribution in [2.75, 3.05) is 24.4 Å². The van der Waals surface area contributed by atoms with Crippen molar-refractivity contribution in [3.05, 3.63) is 48.0 Å². The quantitative estimate of drug-likeness (QED) is 0.878. The molecule has 27 heavy (non-hydrogen) atoms. The summed E-state index contributed by atoms with van der Waals surface area (Å²) < 4.78 is 10.6. The van der Waals surface area contributed by atoms with Gasteiger partial charge in [0.15, 0.2) is 0 Å². The van der Waals surface area contributed by atoms with Crippen LogP contribution in [0.1, 0.15) is 25.3 Å². The van der Waals surface area contributed by atoms with E-state index < -0.39 is 0 Å². The predicted molar refractivity (Wildman–Crippen MR) is 105 cm³/mol. The van der Waals surface area contributed by atoms with Crippen LogP contribution in [0.4, 0.5) is 11.4 Å². The van der Waals surface area contributed by atoms with Crippen molar-refractivity contribution < 1.29 is 19.1 Å². The SMILES string of the molecule is COc1cc(CCC(=O)N2c3ccccc3NC(=O)C[C@@H]2C)cc(OC)c1. The van der Waals surface area contributed by atoms with Crippen molar-refractivity contribution in [2.24, 2.45) is 0 Å². The molecule has 0 radical (unpaired) electrons. The predicted octanol–water partition coefficient (Wildman–Crippen LogP) is 3.40. The van der Waals surface area contributed by atoms with Crippen LogP contribution in [0.25, 0.3) is 0 Å². The van der Waals surface area contributed by atoms with E-state index in [2.05, 4.69) is 5.32 Å². The molecule has 1 heterocycles. The van der Waals surface area contributed by atoms with Crippen molar-refractivity contribution in [3.63, 3.8) is 0 Å². The summed E-state index contributed by atoms with van der Waals surface area (Å²) in [6, 6.07) is 12.8. The van der Waals surface area contributed by atoms with Gasteiger partial charge in [0.1, 0.15) is 11.5 Å². The van der Waals surface area contributed by atoms with Gasteiger partial charge in [0.05, 0.1) is 25.6 Å². The van der Waals surface area contributed by atoms with E-state index in [9.17, 15) is 9.59 Å². The number of carbonyl (C=O) groups excluding carboxylic acids is 2. The lowest BCUT2D eigenvalue weighted by Crippen LogP contribution is -2.39. The second-order valence-electron chi connectivity index (χ2n) is 6.60. The van der Waals surface area contributed by atoms with Gasteiger partial charge in [0.25, 0.3) is 0 Å². The van der Waals surface area contributed by atoms with Crippen molar-refractivity contribution in [1.82, 2.24) is 0 Å². The zero-order valence-electron chi connectivity index (χ0n) is 15.8. The van der Waals surface area contributed by atoms with Crippen LogP contribution in [0.2, 0.25) is 0 Å². The largest absolute Gasteiger partial charge is 0.497 e. The van der Waals surface area contributed by atoms with Crippen molar-refractivity contribution in [1.29, 1.82) is 0 Å². The van der Waals surface area contributed by atoms with E-state index in [0.717, 1.165) is 11.3 Å². The smallest absolute Gasteiger partial charge is 0.227 e. The van der Waals surface area contributed by atoms with E-state index >= 15 is 0 Å². The Morgan fingerprint density at radius 1 is 1.15 bits per heavy atom. The number of benzene rings is 2. The van der Waals surface area contributed by atoms with E-state index in [1.54, 1.807) is 25.2 Å². The molecule has 0 bridgehead atoms. The Morgan fingerprint density at radius 3 is 2.48 bits per heavy atom. The van der Waals surface area contributed by atoms with Crippen LogP contribution >= 0.6 is 0 Å². The minimum absolute atomic E-state index is 0.0202. The molecule has 3 rings (SSSR count). The molecule has 0 aliphatic carbocycles. The third-order valence-corrected chi connectivity index (χ3v) is 4.67. The second kappa shape index (κ2) is 8.12. The molecular weight excluding hydrogens is 344 g/mol. The highest BCUT2D eigenvalue weighted by Gasteiger charge is 2.29. The van der Waals surface area contributed by atoms with Crippen molar-refractivity contribution in [3.8, 4) is 11.5 Å². The number of para-hydroxylation sites is 2. The van der Waals surface area contributed by atoms with Gasteiger partial charge in [-0.3, -0.25) is 9.59 Å². The fourth-order valence-corrected chi connectivity index (χ4v) is 3.35. The number of ether oxygens (including phenoxy) is 2. The number of hydrogen-bond donors (Lipinski definition) is 1. The van der Waals surface area contributed by atoms with Crippen LogP contribution < -0.4 is 19.7 Å². The molecule has 0 unspecified atom stereocenters. The number of nitrogens with one attached hydrogen (secondary N) is 1. The maximum Gasteiger partial charge on any atom is 0.227 e. The van der Waals surface area contributed by atoms with E-state index in [0.29, 0.717) is 30.0 Å². The Morgan fingerprint density at radius 2 is 1.81 bits per heavy atom. The number of rotatable bonds is 5. The number of methoxy groups -OCH3 is 2. The fourth-order valence-electron chi connectivity index (χ4n) is 3.35. The van der Waals surface area contributed by atoms with Gasteiger partial charge >= 0.3 is 0 Å². The summed E-state index contributed by atoms with van der Waals surface area (Å²) in [5.41, 5.74) is 2.37. The van der Waals surface area contributed by atoms with E-state index in [1.807, 2.05) is 43.3 Å². The number of fused-ring (bicyclic) bond motifs is 1. The average Bonchev–Trinajstić information content (AvgIpc) is 2.79. The number of aryl methyl sites for hydroxylation is 1. The average molecular weight is 368 g/mol. The number of carbonyl (C=O) groups is 2. The van der Waals surface area contributed by atoms with E-state index in [-0.39, 0.29) is 24.3 Å². The van der Waals surface area contributed by atoms with Gasteiger partial charge in [-0.15, -0.1) is 0 Å². The monoisotopic (exact) mass is 368 g/mol. The highest BCUT2D eigenvalue weighted by Crippen LogP contribution is 2.32. The lowest BCUT2D eigenvalue weighted by molar-refractivity contribution is -0.119. The maximum absolute atomic E-state index is 13.0. The Hall–Kier alpha value is -3.02. The van der Waals surface area contributed by atoms with Gasteiger partial charge < -0.3 is 19.7 Å². The summed E-state index contributed by atoms with van der Waals surface area (Å²) in [5.74, 6) is 1.29. The van der Waals surface area contributed by atoms with Gasteiger partial charge in [-0.05, 0) is 43.2 Å². The highest BCUT2D eigenvalue weighted by molar-refractivity contribution is 6.04. The highest BCUT2D eigenvalue weighted by atomic mass is 16.5. The molecule has 0 aromatic heterocycles. The van der Waals surface area contributed by atoms with Crippen LogP contribution in [0, 0.1) is 0 Å². The molecule has 2 amide bonds. The maximum atomic E-state index is 13.0. The summed E-state index contributed by atoms with van der Waals surface area (Å²) in [6.07, 6.45) is 1.15. The first kappa shape index (κ1) is 18.8. The minimum atomic E-state index is -0.207. The molecule has 6 heteroatoms. The van der Waals surface area contributed by atoms with Crippen LogP contribution in [0.5, 0.6) is 11.5 Å². The fraction of sp³-hybridized carbons (Fsp3) is 0.333. The molecule has 2 aromatic rings. The Labute approximate surface area is 159 Å². The van der Waals surface area contributed by atoms with Gasteiger partial charge in [0, 0.05) is 24.9 Å². The molecule has 0 saturated carbocycles. The summed E-state index contributed by atoms with van der Waals surface area (Å²) in [4.78, 5) is 26.8. The van der Waals surface area contributed by atoms with Gasteiger partial charge in [-0.25, -0.2) is 0 Å². The lowest BCUT2D eigenvalue weighted by Gasteiger charge is -2.28. The molecule has 0 saturated heterocycles. The molecule has 1 N–H and O–H groups in total. The molecule has 1 aliphatic rings. The van der Waals surface area contributed by atoms with Gasteiger partial charge in [0.2, 0.25) is 11.8 Å². The number of nitrogens with zero attached hydrogens (tertiary/aromatic N) is 1. The number of hydrogen-bond acceptors (Lipinski definition) is 4. The standard InChI is InChI=1S/C21H24N2O4/c1-14-10-20(24)22-18-6-4-5-7-19(18)23(14)21(25)9-8-15-11-16(26-2)13-17(12-15)27-3/h4-7,11-14H,8-10H2,1-3H3,(H,22,24)/t14-/m0/s1. The third kappa shape index (κ3) is 4.22. The van der Waals surface area contributed by atoms with E-state index in [1.165, 1.54) is 0 Å². The third-order valence-electron chi connectivity index (χ3n) is 4.67. The molecule has 1 atom stereocenters. The zero-order valence-corrected chi connectivity index (χ0v) is 15.8. The van der Waals surface area contributed by atoms with Crippen LogP contribution in [0.3, 0.4) is 0 Å². The van der Waals surface area contributed by atoms with E-state index in [4.69, 9.17) is 9.47 Å². The van der Waals surface area contributed by atoms with Crippen LogP contribution in [0.15, 0.2) is 42.5 Å². The second-order valence-corrected chi connectivity index (χ2v) is 6.60. The first-order chi connectivity index (χ1) is 13.0. The lowest BCUT2D eigenvalue weighted by atomic mass is 10.1. The first-order valence-corrected chi connectivity index (χ1v) is 8.94. The molecule has 6 nitrogen and oxygen atoms in total. The van der Waals surface area contributed by atoms with Crippen molar-refractivity contribution >= 4 is 23.2 Å². The number of amides is 2. The topological polar surface area (TPSA) is 67.9 Å².